The van der Waals surface area contributed by atoms with E-state index < -0.39 is 10.0 Å². The Kier molecular flexibility index (Phi) is 5.14. The Balaban J connectivity index is 4.07. The highest BCUT2D eigenvalue weighted by atomic mass is 32.2. The van der Waals surface area contributed by atoms with Gasteiger partial charge >= 0.3 is 0 Å². The number of nitrogens with one attached hydrogen (secondary N) is 1. The van der Waals surface area contributed by atoms with Crippen molar-refractivity contribution < 1.29 is 13.6 Å². The second-order valence-corrected chi connectivity index (χ2v) is 10.8. The molecular formula is C18H31NO3S. The van der Waals surface area contributed by atoms with Crippen LogP contribution in [0.2, 0.25) is 0 Å². The molecule has 1 aromatic carbocycles. The van der Waals surface area contributed by atoms with Gasteiger partial charge in [0, 0.05) is 0 Å². The normalized spacial score (nSPS) is 14.2. The Bertz CT molecular complexity index is 649. The van der Waals surface area contributed by atoms with Crippen LogP contribution in [0.25, 0.3) is 0 Å². The van der Waals surface area contributed by atoms with E-state index in [4.69, 9.17) is 0 Å². The third kappa shape index (κ3) is 4.34. The van der Waals surface area contributed by atoms with E-state index in [-0.39, 0.29) is 21.1 Å². The molecule has 0 radical (unpaired) electrons. The Labute approximate surface area is 141 Å². The summed E-state index contributed by atoms with van der Waals surface area (Å²) in [5, 5.41) is 9.22. The third-order valence-corrected chi connectivity index (χ3v) is 5.18. The molecule has 1 aromatic rings. The summed E-state index contributed by atoms with van der Waals surface area (Å²) in [7, 11) is -3.98. The topological polar surface area (TPSA) is 66.4 Å². The summed E-state index contributed by atoms with van der Waals surface area (Å²) >= 11 is 0. The van der Waals surface area contributed by atoms with E-state index in [0.29, 0.717) is 0 Å². The van der Waals surface area contributed by atoms with Crippen LogP contribution < -0.4 is 4.89 Å². The first-order valence-corrected chi connectivity index (χ1v) is 9.35. The molecule has 0 atom stereocenters. The fourth-order valence-electron chi connectivity index (χ4n) is 2.51. The summed E-state index contributed by atoms with van der Waals surface area (Å²) in [6, 6.07) is 3.92. The van der Waals surface area contributed by atoms with Crippen molar-refractivity contribution in [2.75, 3.05) is 0 Å². The van der Waals surface area contributed by atoms with Crippen LogP contribution in [0.4, 0.5) is 0 Å². The first-order valence-electron chi connectivity index (χ1n) is 7.87. The number of hydrogen-bond acceptors (Lipinski definition) is 3. The first-order chi connectivity index (χ1) is 10.0. The maximum absolute atomic E-state index is 12.5. The van der Waals surface area contributed by atoms with Gasteiger partial charge in [-0.1, -0.05) is 79.3 Å². The van der Waals surface area contributed by atoms with Gasteiger partial charge in [0.2, 0.25) is 0 Å². The SMILES string of the molecule is CC(C)(C)c1cc(C(C)(C)C)c(S(=O)(=O)NO)c(C(C)(C)C)c1. The Hall–Kier alpha value is -0.910. The maximum atomic E-state index is 12.5. The summed E-state index contributed by atoms with van der Waals surface area (Å²) in [5.41, 5.74) is 1.67. The third-order valence-electron chi connectivity index (χ3n) is 3.96. The fraction of sp³-hybridized carbons (Fsp3) is 0.667. The zero-order valence-electron chi connectivity index (χ0n) is 15.8. The molecule has 0 fully saturated rings. The monoisotopic (exact) mass is 341 g/mol. The lowest BCUT2D eigenvalue weighted by Gasteiger charge is -2.32. The van der Waals surface area contributed by atoms with Crippen molar-refractivity contribution in [3.8, 4) is 0 Å². The minimum atomic E-state index is -3.98. The second-order valence-electron chi connectivity index (χ2n) is 9.25. The number of rotatable bonds is 2. The van der Waals surface area contributed by atoms with Gasteiger partial charge in [-0.25, -0.2) is 8.42 Å². The van der Waals surface area contributed by atoms with Crippen molar-refractivity contribution in [2.24, 2.45) is 0 Å². The van der Waals surface area contributed by atoms with Crippen LogP contribution in [0.3, 0.4) is 0 Å². The van der Waals surface area contributed by atoms with E-state index >= 15 is 0 Å². The molecule has 132 valence electrons. The molecule has 0 bridgehead atoms. The molecule has 0 saturated heterocycles. The van der Waals surface area contributed by atoms with Gasteiger partial charge < -0.3 is 5.21 Å². The second kappa shape index (κ2) is 5.87. The molecule has 0 aliphatic rings. The van der Waals surface area contributed by atoms with E-state index in [9.17, 15) is 13.6 Å². The number of hydrogen-bond donors (Lipinski definition) is 2. The number of benzene rings is 1. The van der Waals surface area contributed by atoms with Gasteiger partial charge in [0.05, 0.1) is 4.90 Å². The van der Waals surface area contributed by atoms with Crippen molar-refractivity contribution in [3.63, 3.8) is 0 Å². The zero-order chi connectivity index (χ0) is 18.4. The molecule has 0 amide bonds. The van der Waals surface area contributed by atoms with Crippen molar-refractivity contribution in [2.45, 2.75) is 83.5 Å². The molecule has 2 N–H and O–H groups in total. The molecule has 0 aliphatic heterocycles. The summed E-state index contributed by atoms with van der Waals surface area (Å²) < 4.78 is 25.1. The van der Waals surface area contributed by atoms with Gasteiger partial charge in [-0.2, -0.15) is 0 Å². The molecule has 0 spiro atoms. The highest BCUT2D eigenvalue weighted by molar-refractivity contribution is 7.89. The van der Waals surface area contributed by atoms with E-state index in [1.165, 1.54) is 4.89 Å². The largest absolute Gasteiger partial charge is 0.302 e. The molecule has 1 rings (SSSR count). The van der Waals surface area contributed by atoms with Crippen molar-refractivity contribution in [3.05, 3.63) is 28.8 Å². The lowest BCUT2D eigenvalue weighted by Crippen LogP contribution is -2.30. The van der Waals surface area contributed by atoms with Gasteiger partial charge in [-0.15, -0.1) is 0 Å². The number of sulfonamides is 1. The molecule has 0 heterocycles. The van der Waals surface area contributed by atoms with Gasteiger partial charge in [0.1, 0.15) is 0 Å². The van der Waals surface area contributed by atoms with Gasteiger partial charge in [0.25, 0.3) is 10.0 Å². The Morgan fingerprint density at radius 2 is 1.13 bits per heavy atom. The minimum absolute atomic E-state index is 0.102. The van der Waals surface area contributed by atoms with Crippen LogP contribution in [-0.4, -0.2) is 13.6 Å². The lowest BCUT2D eigenvalue weighted by atomic mass is 9.75. The van der Waals surface area contributed by atoms with Crippen LogP contribution >= 0.6 is 0 Å². The predicted octanol–water partition coefficient (Wildman–Crippen LogP) is 4.25. The summed E-state index contributed by atoms with van der Waals surface area (Å²) in [5.74, 6) is 0. The smallest absolute Gasteiger partial charge is 0.262 e. The van der Waals surface area contributed by atoms with Crippen LogP contribution in [0, 0.1) is 0 Å². The predicted molar refractivity (Wildman–Crippen MR) is 94.7 cm³/mol. The molecule has 4 nitrogen and oxygen atoms in total. The van der Waals surface area contributed by atoms with Gasteiger partial charge in [-0.3, -0.25) is 0 Å². The van der Waals surface area contributed by atoms with E-state index in [1.807, 2.05) is 53.7 Å². The van der Waals surface area contributed by atoms with Gasteiger partial charge in [0.15, 0.2) is 0 Å². The fourth-order valence-corrected chi connectivity index (χ4v) is 3.91. The summed E-state index contributed by atoms with van der Waals surface area (Å²) in [4.78, 5) is 1.70. The summed E-state index contributed by atoms with van der Waals surface area (Å²) in [6.07, 6.45) is 0. The average Bonchev–Trinajstić information content (AvgIpc) is 2.34. The van der Waals surface area contributed by atoms with Crippen molar-refractivity contribution >= 4 is 10.0 Å². The first kappa shape index (κ1) is 20.1. The van der Waals surface area contributed by atoms with E-state index in [1.54, 1.807) is 0 Å². The van der Waals surface area contributed by atoms with Gasteiger partial charge in [-0.05, 0) is 32.9 Å². The standard InChI is InChI=1S/C18H31NO3S/c1-16(2,3)12-10-13(17(4,5)6)15(23(21,22)19-20)14(11-12)18(7,8)9/h10-11,19-20H,1-9H3. The zero-order valence-corrected chi connectivity index (χ0v) is 16.6. The van der Waals surface area contributed by atoms with Crippen LogP contribution in [0.1, 0.15) is 79.0 Å². The van der Waals surface area contributed by atoms with Crippen molar-refractivity contribution in [1.29, 1.82) is 0 Å². The van der Waals surface area contributed by atoms with Crippen LogP contribution in [0.5, 0.6) is 0 Å². The van der Waals surface area contributed by atoms with Crippen molar-refractivity contribution in [1.82, 2.24) is 4.89 Å². The molecule has 5 heteroatoms. The molecular weight excluding hydrogens is 310 g/mol. The van der Waals surface area contributed by atoms with E-state index in [2.05, 4.69) is 20.8 Å². The van der Waals surface area contributed by atoms with E-state index in [0.717, 1.165) is 16.7 Å². The minimum Gasteiger partial charge on any atom is -0.302 e. The Morgan fingerprint density at radius 1 is 0.783 bits per heavy atom. The molecule has 0 aliphatic carbocycles. The summed E-state index contributed by atoms with van der Waals surface area (Å²) in [6.45, 7) is 18.2. The Morgan fingerprint density at radius 3 is 1.35 bits per heavy atom. The molecule has 23 heavy (non-hydrogen) atoms. The highest BCUT2D eigenvalue weighted by Gasteiger charge is 2.34. The molecule has 0 aromatic heterocycles. The quantitative estimate of drug-likeness (QED) is 0.790. The molecule has 0 unspecified atom stereocenters. The molecule has 0 saturated carbocycles. The lowest BCUT2D eigenvalue weighted by molar-refractivity contribution is 0.242. The average molecular weight is 342 g/mol. The highest BCUT2D eigenvalue weighted by Crippen LogP contribution is 2.40. The van der Waals surface area contributed by atoms with Crippen LogP contribution in [-0.2, 0) is 26.3 Å². The maximum Gasteiger partial charge on any atom is 0.262 e. The van der Waals surface area contributed by atoms with Crippen LogP contribution in [0.15, 0.2) is 17.0 Å².